The van der Waals surface area contributed by atoms with Crippen LogP contribution < -0.4 is 22.5 Å². The topological polar surface area (TPSA) is 123 Å². The van der Waals surface area contributed by atoms with Gasteiger partial charge in [0.1, 0.15) is 0 Å². The lowest BCUT2D eigenvalue weighted by atomic mass is 10.5. The Labute approximate surface area is 50.7 Å². The van der Waals surface area contributed by atoms with Gasteiger partial charge in [0.05, 0.1) is 0 Å². The van der Waals surface area contributed by atoms with E-state index in [1.807, 2.05) is 10.9 Å². The molecule has 0 bridgehead atoms. The fraction of sp³-hybridized carbons (Fsp3) is 0.500. The summed E-state index contributed by atoms with van der Waals surface area (Å²) in [5, 5.41) is 2.06. The first-order chi connectivity index (χ1) is 4.26. The van der Waals surface area contributed by atoms with E-state index in [1.54, 1.807) is 0 Å². The molecule has 0 heterocycles. The van der Waals surface area contributed by atoms with E-state index in [0.717, 1.165) is 0 Å². The second-order valence-corrected chi connectivity index (χ2v) is 1.20. The predicted octanol–water partition coefficient (Wildman–Crippen LogP) is -2.47. The summed E-state index contributed by atoms with van der Waals surface area (Å²) in [4.78, 5) is 19.7. The van der Waals surface area contributed by atoms with E-state index < -0.39 is 12.1 Å². The standard InChI is InChI=1S/C2H7N5O2/c3-5-1(6-4)2(8)7-9/h1,5-6H,3-4H2. The maximum absolute atomic E-state index is 10.2. The van der Waals surface area contributed by atoms with Crippen molar-refractivity contribution in [1.29, 1.82) is 0 Å². The van der Waals surface area contributed by atoms with Crippen LogP contribution in [0.15, 0.2) is 5.18 Å². The molecular weight excluding hydrogens is 126 g/mol. The molecule has 0 aliphatic carbocycles. The van der Waals surface area contributed by atoms with Crippen molar-refractivity contribution in [3.63, 3.8) is 0 Å². The van der Waals surface area contributed by atoms with Gasteiger partial charge < -0.3 is 0 Å². The second kappa shape index (κ2) is 4.04. The summed E-state index contributed by atoms with van der Waals surface area (Å²) in [7, 11) is 0. The Morgan fingerprint density at radius 1 is 1.44 bits per heavy atom. The van der Waals surface area contributed by atoms with Crippen molar-refractivity contribution in [2.75, 3.05) is 0 Å². The van der Waals surface area contributed by atoms with Gasteiger partial charge in [-0.05, 0) is 0 Å². The summed E-state index contributed by atoms with van der Waals surface area (Å²) in [6.45, 7) is 0. The number of carbonyl (C=O) groups is 1. The molecule has 7 nitrogen and oxygen atoms in total. The number of hydrogen-bond donors (Lipinski definition) is 4. The monoisotopic (exact) mass is 133 g/mol. The third kappa shape index (κ3) is 2.24. The molecule has 0 rings (SSSR count). The fourth-order valence-corrected chi connectivity index (χ4v) is 0.243. The number of nitroso groups, excluding NO2 is 1. The normalized spacial score (nSPS) is 9.67. The van der Waals surface area contributed by atoms with Crippen molar-refractivity contribution in [1.82, 2.24) is 10.9 Å². The highest BCUT2D eigenvalue weighted by atomic mass is 16.3. The average molecular weight is 133 g/mol. The molecule has 6 N–H and O–H groups in total. The molecule has 0 saturated heterocycles. The molecule has 0 aliphatic rings. The Hall–Kier alpha value is -0.890. The Kier molecular flexibility index (Phi) is 3.64. The van der Waals surface area contributed by atoms with Crippen molar-refractivity contribution in [2.45, 2.75) is 6.17 Å². The fourth-order valence-electron chi connectivity index (χ4n) is 0.243. The molecular formula is C2H7N5O2. The van der Waals surface area contributed by atoms with Crippen LogP contribution in [0.4, 0.5) is 0 Å². The van der Waals surface area contributed by atoms with E-state index in [0.29, 0.717) is 0 Å². The van der Waals surface area contributed by atoms with Gasteiger partial charge in [-0.3, -0.25) is 16.5 Å². The maximum Gasteiger partial charge on any atom is 0.320 e. The lowest BCUT2D eigenvalue weighted by molar-refractivity contribution is -0.120. The van der Waals surface area contributed by atoms with Crippen LogP contribution in [0, 0.1) is 4.91 Å². The Bertz CT molecular complexity index is 110. The van der Waals surface area contributed by atoms with Crippen LogP contribution in [0.1, 0.15) is 0 Å². The highest BCUT2D eigenvalue weighted by molar-refractivity contribution is 5.81. The van der Waals surface area contributed by atoms with Crippen molar-refractivity contribution in [3.05, 3.63) is 4.91 Å². The van der Waals surface area contributed by atoms with Crippen LogP contribution in [0.5, 0.6) is 0 Å². The van der Waals surface area contributed by atoms with E-state index >= 15 is 0 Å². The molecule has 0 aromatic heterocycles. The first-order valence-electron chi connectivity index (χ1n) is 2.05. The third-order valence-electron chi connectivity index (χ3n) is 0.670. The SMILES string of the molecule is NNC(NN)C(=O)N=O. The van der Waals surface area contributed by atoms with Crippen LogP contribution >= 0.6 is 0 Å². The quantitative estimate of drug-likeness (QED) is 0.146. The molecule has 9 heavy (non-hydrogen) atoms. The smallest absolute Gasteiger partial charge is 0.270 e. The van der Waals surface area contributed by atoms with Gasteiger partial charge in [0.2, 0.25) is 0 Å². The average Bonchev–Trinajstić information content (AvgIpc) is 1.90. The van der Waals surface area contributed by atoms with Crippen LogP contribution in [0.2, 0.25) is 0 Å². The summed E-state index contributed by atoms with van der Waals surface area (Å²) in [6, 6.07) is 0. The Balaban J connectivity index is 3.78. The Morgan fingerprint density at radius 3 is 2.00 bits per heavy atom. The number of nitrogens with two attached hydrogens (primary N) is 2. The third-order valence-corrected chi connectivity index (χ3v) is 0.670. The number of hydrogen-bond acceptors (Lipinski definition) is 6. The minimum absolute atomic E-state index is 0.986. The minimum atomic E-state index is -1.09. The van der Waals surface area contributed by atoms with Crippen molar-refractivity contribution in [2.24, 2.45) is 16.9 Å². The number of hydrazine groups is 2. The first kappa shape index (κ1) is 8.11. The molecule has 0 aromatic carbocycles. The molecule has 0 atom stereocenters. The number of carbonyl (C=O) groups excluding carboxylic acids is 1. The second-order valence-electron chi connectivity index (χ2n) is 1.20. The Morgan fingerprint density at radius 2 is 1.89 bits per heavy atom. The van der Waals surface area contributed by atoms with Crippen LogP contribution in [0.25, 0.3) is 0 Å². The van der Waals surface area contributed by atoms with Crippen molar-refractivity contribution >= 4 is 5.91 Å². The molecule has 7 heteroatoms. The molecule has 1 amide bonds. The molecule has 52 valence electrons. The van der Waals surface area contributed by atoms with Crippen LogP contribution in [-0.4, -0.2) is 12.1 Å². The van der Waals surface area contributed by atoms with Gasteiger partial charge >= 0.3 is 5.91 Å². The summed E-state index contributed by atoms with van der Waals surface area (Å²) in [6.07, 6.45) is -1.09. The van der Waals surface area contributed by atoms with E-state index in [-0.39, 0.29) is 0 Å². The molecule has 0 fully saturated rings. The van der Waals surface area contributed by atoms with Crippen molar-refractivity contribution < 1.29 is 4.79 Å². The highest BCUT2D eigenvalue weighted by Gasteiger charge is 2.13. The van der Waals surface area contributed by atoms with Crippen LogP contribution in [0.3, 0.4) is 0 Å². The van der Waals surface area contributed by atoms with Crippen LogP contribution in [-0.2, 0) is 4.79 Å². The zero-order valence-corrected chi connectivity index (χ0v) is 4.50. The summed E-state index contributed by atoms with van der Waals surface area (Å²) < 4.78 is 0. The van der Waals surface area contributed by atoms with E-state index in [2.05, 4.69) is 5.18 Å². The van der Waals surface area contributed by atoms with E-state index in [1.165, 1.54) is 0 Å². The number of nitrogens with zero attached hydrogens (tertiary/aromatic N) is 1. The van der Waals surface area contributed by atoms with Gasteiger partial charge in [0, 0.05) is 5.18 Å². The minimum Gasteiger partial charge on any atom is -0.270 e. The molecule has 0 spiro atoms. The lowest BCUT2D eigenvalue weighted by Gasteiger charge is -2.06. The molecule has 0 saturated carbocycles. The largest absolute Gasteiger partial charge is 0.320 e. The number of amides is 1. The maximum atomic E-state index is 10.2. The summed E-state index contributed by atoms with van der Waals surface area (Å²) in [5.74, 6) is 8.51. The van der Waals surface area contributed by atoms with Crippen molar-refractivity contribution in [3.8, 4) is 0 Å². The van der Waals surface area contributed by atoms with E-state index in [9.17, 15) is 9.70 Å². The van der Waals surface area contributed by atoms with E-state index in [4.69, 9.17) is 11.7 Å². The highest BCUT2D eigenvalue weighted by Crippen LogP contribution is 1.76. The van der Waals surface area contributed by atoms with Gasteiger partial charge in [0.15, 0.2) is 6.17 Å². The summed E-state index contributed by atoms with van der Waals surface area (Å²) in [5.41, 5.74) is 3.85. The van der Waals surface area contributed by atoms with Gasteiger partial charge in [-0.15, -0.1) is 4.91 Å². The first-order valence-corrected chi connectivity index (χ1v) is 2.05. The van der Waals surface area contributed by atoms with Gasteiger partial charge in [-0.1, -0.05) is 0 Å². The zero-order chi connectivity index (χ0) is 7.28. The zero-order valence-electron chi connectivity index (χ0n) is 4.50. The molecule has 0 unspecified atom stereocenters. The number of nitrogens with one attached hydrogen (secondary N) is 2. The molecule has 0 aromatic rings. The summed E-state index contributed by atoms with van der Waals surface area (Å²) >= 11 is 0. The van der Waals surface area contributed by atoms with Gasteiger partial charge in [-0.25, -0.2) is 10.9 Å². The molecule has 0 radical (unpaired) electrons. The lowest BCUT2D eigenvalue weighted by Crippen LogP contribution is -2.53. The van der Waals surface area contributed by atoms with Gasteiger partial charge in [-0.2, -0.15) is 0 Å². The van der Waals surface area contributed by atoms with Gasteiger partial charge in [0.25, 0.3) is 0 Å². The predicted molar refractivity (Wildman–Crippen MR) is 29.2 cm³/mol. The number of rotatable bonds is 3. The molecule has 0 aliphatic heterocycles.